The molecule has 2 N–H and O–H groups in total. The van der Waals surface area contributed by atoms with Crippen molar-refractivity contribution in [3.05, 3.63) is 77.8 Å². The molecule has 2 aliphatic rings. The van der Waals surface area contributed by atoms with Gasteiger partial charge in [-0.3, -0.25) is 10.3 Å². The second-order valence-corrected chi connectivity index (χ2v) is 9.48. The maximum absolute atomic E-state index is 11.1. The van der Waals surface area contributed by atoms with Gasteiger partial charge in [-0.2, -0.15) is 0 Å². The number of nitrogens with zero attached hydrogens (tertiary/aromatic N) is 3. The Balaban J connectivity index is 1.58. The molecule has 0 bridgehead atoms. The molecular weight excluding hydrogens is 539 g/mol. The molecule has 0 aliphatic carbocycles. The number of halogens is 1. The van der Waals surface area contributed by atoms with Gasteiger partial charge in [0.25, 0.3) is 0 Å². The summed E-state index contributed by atoms with van der Waals surface area (Å²) in [4.78, 5) is 4.50. The van der Waals surface area contributed by atoms with E-state index in [0.29, 0.717) is 6.54 Å². The summed E-state index contributed by atoms with van der Waals surface area (Å²) < 4.78 is 10.1. The number of methoxy groups -OCH3 is 1. The summed E-state index contributed by atoms with van der Waals surface area (Å²) >= 11 is 2.44. The lowest BCUT2D eigenvalue weighted by atomic mass is 9.85. The molecule has 180 valence electrons. The van der Waals surface area contributed by atoms with Gasteiger partial charge in [-0.05, 0) is 49.6 Å². The molecule has 6 nitrogen and oxygen atoms in total. The topological polar surface area (TPSA) is 62.0 Å². The van der Waals surface area contributed by atoms with Gasteiger partial charge in [0.15, 0.2) is 0 Å². The van der Waals surface area contributed by atoms with Gasteiger partial charge >= 0.3 is 0 Å². The average molecular weight is 572 g/mol. The van der Waals surface area contributed by atoms with Crippen molar-refractivity contribution in [2.75, 3.05) is 16.8 Å². The molecule has 7 heteroatoms. The van der Waals surface area contributed by atoms with E-state index in [9.17, 15) is 5.11 Å². The van der Waals surface area contributed by atoms with Gasteiger partial charge in [0, 0.05) is 42.7 Å². The van der Waals surface area contributed by atoms with Crippen molar-refractivity contribution in [3.8, 4) is 11.4 Å². The van der Waals surface area contributed by atoms with Crippen LogP contribution in [0.2, 0.25) is 0 Å². The number of anilines is 1. The lowest BCUT2D eigenvalue weighted by Crippen LogP contribution is -2.47. The van der Waals surface area contributed by atoms with Crippen LogP contribution < -0.4 is 13.2 Å². The van der Waals surface area contributed by atoms with Crippen LogP contribution in [-0.4, -0.2) is 35.8 Å². The standard InChI is InChI=1S/C27H33IN4O2/c1-4-6-10-21(22-11-7-8-16-29-22)26(33)30-17-15-27(5-2)25-12-9-18-31(25)23-14-13-20(34-3)19-24(23)32(27)28/h6-10,12-14,16,18-19,26,30,33H,4-5,11,15,17H2,1-3H3/b10-6-,22-21-. The van der Waals surface area contributed by atoms with Gasteiger partial charge in [-0.25, -0.2) is 0 Å². The Morgan fingerprint density at radius 3 is 2.88 bits per heavy atom. The zero-order chi connectivity index (χ0) is 24.1. The van der Waals surface area contributed by atoms with Crippen LogP contribution >= 0.6 is 22.9 Å². The van der Waals surface area contributed by atoms with E-state index in [1.54, 1.807) is 13.3 Å². The van der Waals surface area contributed by atoms with Gasteiger partial charge in [0.2, 0.25) is 0 Å². The molecule has 0 amide bonds. The fourth-order valence-corrected chi connectivity index (χ4v) is 5.97. The predicted molar refractivity (Wildman–Crippen MR) is 148 cm³/mol. The smallest absolute Gasteiger partial charge is 0.132 e. The van der Waals surface area contributed by atoms with Gasteiger partial charge in [-0.15, -0.1) is 0 Å². The number of hydrogen-bond donors (Lipinski definition) is 2. The first-order valence-electron chi connectivity index (χ1n) is 11.9. The molecule has 2 aliphatic heterocycles. The van der Waals surface area contributed by atoms with Gasteiger partial charge in [-0.1, -0.05) is 32.1 Å². The number of aliphatic imine (C=N–C) groups is 1. The van der Waals surface area contributed by atoms with Crippen molar-refractivity contribution in [2.45, 2.75) is 51.3 Å². The quantitative estimate of drug-likeness (QED) is 0.226. The van der Waals surface area contributed by atoms with E-state index in [1.165, 1.54) is 5.69 Å². The van der Waals surface area contributed by atoms with Crippen molar-refractivity contribution < 1.29 is 9.84 Å². The second-order valence-electron chi connectivity index (χ2n) is 8.51. The molecule has 1 aromatic heterocycles. The molecular formula is C27H33IN4O2. The molecule has 2 unspecified atom stereocenters. The molecule has 2 atom stereocenters. The van der Waals surface area contributed by atoms with Gasteiger partial charge < -0.3 is 17.5 Å². The Bertz CT molecular complexity index is 1130. The lowest BCUT2D eigenvalue weighted by Gasteiger charge is -2.46. The molecule has 0 radical (unpaired) electrons. The number of fused-ring (bicyclic) bond motifs is 3. The van der Waals surface area contributed by atoms with Crippen molar-refractivity contribution in [2.24, 2.45) is 4.99 Å². The average Bonchev–Trinajstić information content (AvgIpc) is 3.37. The number of nitrogens with one attached hydrogen (secondary N) is 1. The molecule has 34 heavy (non-hydrogen) atoms. The first-order valence-corrected chi connectivity index (χ1v) is 12.8. The molecule has 0 saturated heterocycles. The third kappa shape index (κ3) is 4.61. The molecule has 3 heterocycles. The van der Waals surface area contributed by atoms with Crippen LogP contribution in [0.3, 0.4) is 0 Å². The largest absolute Gasteiger partial charge is 0.497 e. The Morgan fingerprint density at radius 2 is 2.18 bits per heavy atom. The molecule has 4 rings (SSSR count). The van der Waals surface area contributed by atoms with Crippen LogP contribution in [0.4, 0.5) is 5.69 Å². The highest BCUT2D eigenvalue weighted by Gasteiger charge is 2.43. The molecule has 0 fully saturated rings. The van der Waals surface area contributed by atoms with Gasteiger partial charge in [0.1, 0.15) is 12.0 Å². The number of ether oxygens (including phenoxy) is 1. The van der Waals surface area contributed by atoms with E-state index in [1.807, 2.05) is 18.2 Å². The van der Waals surface area contributed by atoms with E-state index in [0.717, 1.165) is 54.1 Å². The number of allylic oxidation sites excluding steroid dienone is 3. The van der Waals surface area contributed by atoms with E-state index in [2.05, 4.69) is 97.3 Å². The van der Waals surface area contributed by atoms with E-state index in [-0.39, 0.29) is 5.54 Å². The Kier molecular flexibility index (Phi) is 7.95. The number of benzene rings is 1. The summed E-state index contributed by atoms with van der Waals surface area (Å²) in [6, 6.07) is 10.5. The minimum Gasteiger partial charge on any atom is -0.497 e. The van der Waals surface area contributed by atoms with Crippen LogP contribution in [0.15, 0.2) is 77.1 Å². The third-order valence-corrected chi connectivity index (χ3v) is 8.08. The maximum Gasteiger partial charge on any atom is 0.132 e. The minimum atomic E-state index is -0.777. The summed E-state index contributed by atoms with van der Waals surface area (Å²) in [5.41, 5.74) is 5.04. The fraction of sp³-hybridized carbons (Fsp3) is 0.370. The summed E-state index contributed by atoms with van der Waals surface area (Å²) in [5, 5.41) is 14.4. The van der Waals surface area contributed by atoms with Crippen molar-refractivity contribution >= 4 is 34.8 Å². The normalized spacial score (nSPS) is 21.5. The summed E-state index contributed by atoms with van der Waals surface area (Å²) in [7, 11) is 1.70. The van der Waals surface area contributed by atoms with E-state index in [4.69, 9.17) is 4.74 Å². The highest BCUT2D eigenvalue weighted by atomic mass is 127. The summed E-state index contributed by atoms with van der Waals surface area (Å²) in [5.74, 6) is 0.843. The molecule has 2 aromatic rings. The Hall–Kier alpha value is -2.36. The number of hydrogen-bond acceptors (Lipinski definition) is 5. The van der Waals surface area contributed by atoms with Crippen molar-refractivity contribution in [1.82, 2.24) is 9.88 Å². The number of aliphatic hydroxyl groups excluding tert-OH is 1. The van der Waals surface area contributed by atoms with Crippen LogP contribution in [-0.2, 0) is 5.54 Å². The SMILES string of the molecule is CC/C=C\C(=C1/CC=CC=N1)C(O)NCCC1(CC)c2cccn2-c2ccc(OC)cc2N1I. The number of aliphatic hydroxyl groups is 1. The maximum atomic E-state index is 11.1. The molecule has 0 saturated carbocycles. The monoisotopic (exact) mass is 572 g/mol. The number of rotatable bonds is 9. The van der Waals surface area contributed by atoms with Crippen molar-refractivity contribution in [1.29, 1.82) is 0 Å². The first-order chi connectivity index (χ1) is 16.6. The first kappa shape index (κ1) is 24.8. The molecule has 0 spiro atoms. The number of dihydropyridines is 1. The van der Waals surface area contributed by atoms with E-state index < -0.39 is 6.23 Å². The number of aromatic nitrogens is 1. The second kappa shape index (κ2) is 10.9. The Labute approximate surface area is 216 Å². The van der Waals surface area contributed by atoms with Crippen LogP contribution in [0.5, 0.6) is 5.75 Å². The zero-order valence-corrected chi connectivity index (χ0v) is 22.2. The minimum absolute atomic E-state index is 0.228. The van der Waals surface area contributed by atoms with Crippen molar-refractivity contribution in [3.63, 3.8) is 0 Å². The predicted octanol–water partition coefficient (Wildman–Crippen LogP) is 5.81. The fourth-order valence-electron chi connectivity index (χ4n) is 4.75. The summed E-state index contributed by atoms with van der Waals surface area (Å²) in [6.07, 6.45) is 14.6. The highest BCUT2D eigenvalue weighted by molar-refractivity contribution is 14.1. The van der Waals surface area contributed by atoms with Crippen LogP contribution in [0, 0.1) is 0 Å². The molecule has 1 aromatic carbocycles. The van der Waals surface area contributed by atoms with Crippen LogP contribution in [0.1, 0.15) is 45.2 Å². The van der Waals surface area contributed by atoms with Crippen LogP contribution in [0.25, 0.3) is 5.69 Å². The zero-order valence-electron chi connectivity index (χ0n) is 20.0. The summed E-state index contributed by atoms with van der Waals surface area (Å²) in [6.45, 7) is 4.97. The lowest BCUT2D eigenvalue weighted by molar-refractivity contribution is 0.170. The Morgan fingerprint density at radius 1 is 1.32 bits per heavy atom. The van der Waals surface area contributed by atoms with Gasteiger partial charge in [0.05, 0.1) is 52.6 Å². The highest BCUT2D eigenvalue weighted by Crippen LogP contribution is 2.49. The third-order valence-electron chi connectivity index (χ3n) is 6.64. The van der Waals surface area contributed by atoms with E-state index >= 15 is 0 Å².